The van der Waals surface area contributed by atoms with Crippen LogP contribution in [-0.2, 0) is 6.54 Å². The minimum atomic E-state index is 0.626. The summed E-state index contributed by atoms with van der Waals surface area (Å²) in [6, 6.07) is 3.77. The van der Waals surface area contributed by atoms with Gasteiger partial charge in [-0.25, -0.2) is 0 Å². The highest BCUT2D eigenvalue weighted by Crippen LogP contribution is 1.97. The lowest BCUT2D eigenvalue weighted by Crippen LogP contribution is -2.38. The summed E-state index contributed by atoms with van der Waals surface area (Å²) in [4.78, 5) is 2.10. The third-order valence-corrected chi connectivity index (χ3v) is 2.14. The SMILES string of the molecule is CN(C)CCNC(=S)NCc1ccco1. The Morgan fingerprint density at radius 1 is 1.47 bits per heavy atom. The number of hydrogen-bond donors (Lipinski definition) is 2. The van der Waals surface area contributed by atoms with Gasteiger partial charge in [-0.1, -0.05) is 0 Å². The van der Waals surface area contributed by atoms with Crippen LogP contribution in [0.1, 0.15) is 5.76 Å². The number of furan rings is 1. The summed E-state index contributed by atoms with van der Waals surface area (Å²) >= 11 is 5.10. The molecule has 0 saturated carbocycles. The van der Waals surface area contributed by atoms with Gasteiger partial charge in [0.1, 0.15) is 5.76 Å². The van der Waals surface area contributed by atoms with E-state index in [9.17, 15) is 0 Å². The Balaban J connectivity index is 2.09. The molecule has 0 aliphatic carbocycles. The zero-order chi connectivity index (χ0) is 11.1. The van der Waals surface area contributed by atoms with Gasteiger partial charge in [0.2, 0.25) is 0 Å². The third-order valence-electron chi connectivity index (χ3n) is 1.85. The van der Waals surface area contributed by atoms with E-state index in [1.165, 1.54) is 0 Å². The van der Waals surface area contributed by atoms with E-state index in [4.69, 9.17) is 16.6 Å². The second-order valence-corrected chi connectivity index (χ2v) is 3.90. The topological polar surface area (TPSA) is 40.4 Å². The summed E-state index contributed by atoms with van der Waals surface area (Å²) in [6.45, 7) is 2.43. The van der Waals surface area contributed by atoms with Gasteiger partial charge >= 0.3 is 0 Å². The van der Waals surface area contributed by atoms with Crippen LogP contribution in [0, 0.1) is 0 Å². The van der Waals surface area contributed by atoms with Crippen molar-refractivity contribution in [1.29, 1.82) is 0 Å². The molecule has 0 bridgehead atoms. The van der Waals surface area contributed by atoms with E-state index in [1.54, 1.807) is 6.26 Å². The molecule has 0 aliphatic heterocycles. The molecule has 0 atom stereocenters. The van der Waals surface area contributed by atoms with E-state index in [2.05, 4.69) is 15.5 Å². The highest BCUT2D eigenvalue weighted by Gasteiger charge is 1.97. The zero-order valence-corrected chi connectivity index (χ0v) is 9.93. The van der Waals surface area contributed by atoms with Crippen molar-refractivity contribution in [2.45, 2.75) is 6.54 Å². The summed E-state index contributed by atoms with van der Waals surface area (Å²) in [5.41, 5.74) is 0. The van der Waals surface area contributed by atoms with Crippen LogP contribution >= 0.6 is 12.2 Å². The molecule has 0 aromatic carbocycles. The lowest BCUT2D eigenvalue weighted by atomic mass is 10.4. The van der Waals surface area contributed by atoms with Gasteiger partial charge in [0.15, 0.2) is 5.11 Å². The van der Waals surface area contributed by atoms with Gasteiger partial charge in [-0.3, -0.25) is 0 Å². The fourth-order valence-electron chi connectivity index (χ4n) is 1.04. The predicted octanol–water partition coefficient (Wildman–Crippen LogP) is 0.805. The minimum absolute atomic E-state index is 0.626. The Bertz CT molecular complexity index is 285. The first-order valence-corrected chi connectivity index (χ1v) is 5.28. The van der Waals surface area contributed by atoms with Gasteiger partial charge in [-0.2, -0.15) is 0 Å². The van der Waals surface area contributed by atoms with Crippen LogP contribution < -0.4 is 10.6 Å². The van der Waals surface area contributed by atoms with Crippen molar-refractivity contribution in [3.8, 4) is 0 Å². The number of nitrogens with one attached hydrogen (secondary N) is 2. The molecule has 0 unspecified atom stereocenters. The monoisotopic (exact) mass is 227 g/mol. The van der Waals surface area contributed by atoms with Crippen molar-refractivity contribution >= 4 is 17.3 Å². The van der Waals surface area contributed by atoms with Gasteiger partial charge in [0.05, 0.1) is 12.8 Å². The van der Waals surface area contributed by atoms with Crippen LogP contribution in [0.3, 0.4) is 0 Å². The molecular formula is C10H17N3OS. The molecule has 0 aliphatic rings. The van der Waals surface area contributed by atoms with Crippen molar-refractivity contribution in [1.82, 2.24) is 15.5 Å². The Morgan fingerprint density at radius 2 is 2.27 bits per heavy atom. The number of thiocarbonyl (C=S) groups is 1. The molecule has 5 heteroatoms. The molecule has 1 rings (SSSR count). The van der Waals surface area contributed by atoms with Crippen molar-refractivity contribution in [2.75, 3.05) is 27.2 Å². The maximum atomic E-state index is 5.17. The molecule has 1 aromatic rings. The smallest absolute Gasteiger partial charge is 0.166 e. The van der Waals surface area contributed by atoms with Crippen molar-refractivity contribution in [2.24, 2.45) is 0 Å². The van der Waals surface area contributed by atoms with E-state index in [0.717, 1.165) is 18.8 Å². The predicted molar refractivity (Wildman–Crippen MR) is 64.7 cm³/mol. The average Bonchev–Trinajstić information content (AvgIpc) is 2.66. The van der Waals surface area contributed by atoms with Crippen LogP contribution in [0.4, 0.5) is 0 Å². The number of nitrogens with zero attached hydrogens (tertiary/aromatic N) is 1. The van der Waals surface area contributed by atoms with E-state index in [1.807, 2.05) is 26.2 Å². The van der Waals surface area contributed by atoms with Crippen LogP contribution in [0.2, 0.25) is 0 Å². The molecule has 2 N–H and O–H groups in total. The van der Waals surface area contributed by atoms with E-state index < -0.39 is 0 Å². The Labute approximate surface area is 95.6 Å². The first kappa shape index (κ1) is 12.0. The summed E-state index contributed by atoms with van der Waals surface area (Å²) in [5.74, 6) is 0.881. The average molecular weight is 227 g/mol. The summed E-state index contributed by atoms with van der Waals surface area (Å²) in [7, 11) is 4.06. The maximum absolute atomic E-state index is 5.17. The fourth-order valence-corrected chi connectivity index (χ4v) is 1.21. The van der Waals surface area contributed by atoms with Crippen LogP contribution in [-0.4, -0.2) is 37.2 Å². The Kier molecular flexibility index (Phi) is 5.14. The maximum Gasteiger partial charge on any atom is 0.166 e. The normalized spacial score (nSPS) is 10.3. The van der Waals surface area contributed by atoms with Gasteiger partial charge in [-0.05, 0) is 38.4 Å². The molecule has 84 valence electrons. The highest BCUT2D eigenvalue weighted by molar-refractivity contribution is 7.80. The van der Waals surface area contributed by atoms with E-state index >= 15 is 0 Å². The van der Waals surface area contributed by atoms with Crippen LogP contribution in [0.25, 0.3) is 0 Å². The van der Waals surface area contributed by atoms with Crippen LogP contribution in [0.5, 0.6) is 0 Å². The largest absolute Gasteiger partial charge is 0.467 e. The highest BCUT2D eigenvalue weighted by atomic mass is 32.1. The summed E-state index contributed by atoms with van der Waals surface area (Å²) in [6.07, 6.45) is 1.65. The van der Waals surface area contributed by atoms with Crippen molar-refractivity contribution in [3.63, 3.8) is 0 Å². The summed E-state index contributed by atoms with van der Waals surface area (Å²) < 4.78 is 5.17. The number of likely N-dealkylation sites (N-methyl/N-ethyl adjacent to an activating group) is 1. The van der Waals surface area contributed by atoms with Gasteiger partial charge in [0, 0.05) is 13.1 Å². The van der Waals surface area contributed by atoms with Gasteiger partial charge in [-0.15, -0.1) is 0 Å². The summed E-state index contributed by atoms with van der Waals surface area (Å²) in [5, 5.41) is 6.84. The molecule has 0 spiro atoms. The molecule has 1 aromatic heterocycles. The molecule has 0 radical (unpaired) electrons. The molecule has 0 fully saturated rings. The first-order chi connectivity index (χ1) is 7.18. The quantitative estimate of drug-likeness (QED) is 0.728. The van der Waals surface area contributed by atoms with E-state index in [0.29, 0.717) is 11.7 Å². The molecule has 15 heavy (non-hydrogen) atoms. The van der Waals surface area contributed by atoms with Crippen LogP contribution in [0.15, 0.2) is 22.8 Å². The molecule has 1 heterocycles. The lowest BCUT2D eigenvalue weighted by Gasteiger charge is -2.12. The number of rotatable bonds is 5. The number of hydrogen-bond acceptors (Lipinski definition) is 3. The van der Waals surface area contributed by atoms with Crippen molar-refractivity contribution < 1.29 is 4.42 Å². The standard InChI is InChI=1S/C10H17N3OS/c1-13(2)6-5-11-10(15)12-8-9-4-3-7-14-9/h3-4,7H,5-6,8H2,1-2H3,(H2,11,12,15). The van der Waals surface area contributed by atoms with Crippen molar-refractivity contribution in [3.05, 3.63) is 24.2 Å². The molecular weight excluding hydrogens is 210 g/mol. The molecule has 0 saturated heterocycles. The van der Waals surface area contributed by atoms with Gasteiger partial charge in [0.25, 0.3) is 0 Å². The van der Waals surface area contributed by atoms with E-state index in [-0.39, 0.29) is 0 Å². The minimum Gasteiger partial charge on any atom is -0.467 e. The Morgan fingerprint density at radius 3 is 2.87 bits per heavy atom. The first-order valence-electron chi connectivity index (χ1n) is 4.87. The second-order valence-electron chi connectivity index (χ2n) is 3.49. The molecule has 4 nitrogen and oxygen atoms in total. The Hall–Kier alpha value is -1.07. The third kappa shape index (κ3) is 5.39. The van der Waals surface area contributed by atoms with Gasteiger partial charge < -0.3 is 20.0 Å². The fraction of sp³-hybridized carbons (Fsp3) is 0.500. The second kappa shape index (κ2) is 6.42. The molecule has 0 amide bonds. The lowest BCUT2D eigenvalue weighted by molar-refractivity contribution is 0.412. The zero-order valence-electron chi connectivity index (χ0n) is 9.12.